The Bertz CT molecular complexity index is 655. The molecule has 0 bridgehead atoms. The summed E-state index contributed by atoms with van der Waals surface area (Å²) in [5.74, 6) is -0.103. The molecule has 0 aliphatic heterocycles. The number of hydrogen-bond acceptors (Lipinski definition) is 2. The molecule has 104 valence electrons. The van der Waals surface area contributed by atoms with Crippen molar-refractivity contribution in [3.8, 4) is 5.75 Å². The highest BCUT2D eigenvalue weighted by molar-refractivity contribution is 6.11. The first-order valence-corrected chi connectivity index (χ1v) is 6.39. The van der Waals surface area contributed by atoms with Crippen LogP contribution in [0.5, 0.6) is 5.75 Å². The van der Waals surface area contributed by atoms with Crippen LogP contribution in [-0.2, 0) is 0 Å². The quantitative estimate of drug-likeness (QED) is 0.790. The Labute approximate surface area is 118 Å². The lowest BCUT2D eigenvalue weighted by atomic mass is 9.95. The van der Waals surface area contributed by atoms with Crippen molar-refractivity contribution in [1.29, 1.82) is 0 Å². The van der Waals surface area contributed by atoms with Crippen LogP contribution in [0.2, 0.25) is 0 Å². The van der Waals surface area contributed by atoms with E-state index in [1.165, 1.54) is 19.2 Å². The summed E-state index contributed by atoms with van der Waals surface area (Å²) < 4.78 is 18.8. The number of ketones is 1. The van der Waals surface area contributed by atoms with Gasteiger partial charge in [0.15, 0.2) is 5.78 Å². The van der Waals surface area contributed by atoms with Crippen LogP contribution >= 0.6 is 0 Å². The van der Waals surface area contributed by atoms with Crippen molar-refractivity contribution >= 4 is 5.78 Å². The van der Waals surface area contributed by atoms with E-state index < -0.39 is 5.82 Å². The largest absolute Gasteiger partial charge is 0.496 e. The molecule has 0 spiro atoms. The topological polar surface area (TPSA) is 26.3 Å². The van der Waals surface area contributed by atoms with Gasteiger partial charge in [-0.3, -0.25) is 4.79 Å². The second-order valence-electron chi connectivity index (χ2n) is 5.01. The Morgan fingerprint density at radius 1 is 1.00 bits per heavy atom. The van der Waals surface area contributed by atoms with Gasteiger partial charge in [0.2, 0.25) is 0 Å². The monoisotopic (exact) mass is 272 g/mol. The Kier molecular flexibility index (Phi) is 3.89. The standard InChI is InChI=1S/C17H17FO2/c1-10-5-12(3)16(15(8-10)20-4)17(19)13-6-11(2)7-14(18)9-13/h5-9H,1-4H3. The van der Waals surface area contributed by atoms with E-state index >= 15 is 0 Å². The minimum absolute atomic E-state index is 0.220. The molecule has 0 unspecified atom stereocenters. The van der Waals surface area contributed by atoms with Crippen LogP contribution in [-0.4, -0.2) is 12.9 Å². The maximum atomic E-state index is 13.5. The molecule has 2 aromatic carbocycles. The molecule has 0 aliphatic carbocycles. The highest BCUT2D eigenvalue weighted by Crippen LogP contribution is 2.27. The molecule has 2 rings (SSSR count). The van der Waals surface area contributed by atoms with Crippen LogP contribution in [0.3, 0.4) is 0 Å². The van der Waals surface area contributed by atoms with Crippen LogP contribution in [0.4, 0.5) is 4.39 Å². The van der Waals surface area contributed by atoms with Gasteiger partial charge in [-0.1, -0.05) is 6.07 Å². The molecule has 0 N–H and O–H groups in total. The van der Waals surface area contributed by atoms with Gasteiger partial charge in [-0.05, 0) is 61.7 Å². The highest BCUT2D eigenvalue weighted by Gasteiger charge is 2.18. The molecule has 0 atom stereocenters. The molecule has 0 heterocycles. The zero-order valence-corrected chi connectivity index (χ0v) is 12.1. The molecular weight excluding hydrogens is 255 g/mol. The van der Waals surface area contributed by atoms with E-state index in [9.17, 15) is 9.18 Å². The molecule has 0 saturated heterocycles. The van der Waals surface area contributed by atoms with E-state index in [0.29, 0.717) is 16.9 Å². The van der Waals surface area contributed by atoms with Crippen LogP contribution < -0.4 is 4.74 Å². The van der Waals surface area contributed by atoms with Crippen LogP contribution in [0.1, 0.15) is 32.6 Å². The molecule has 0 saturated carbocycles. The summed E-state index contributed by atoms with van der Waals surface area (Å²) in [6.45, 7) is 5.56. The van der Waals surface area contributed by atoms with Crippen molar-refractivity contribution in [3.63, 3.8) is 0 Å². The van der Waals surface area contributed by atoms with E-state index in [2.05, 4.69) is 0 Å². The van der Waals surface area contributed by atoms with E-state index in [4.69, 9.17) is 4.74 Å². The van der Waals surface area contributed by atoms with Gasteiger partial charge < -0.3 is 4.74 Å². The minimum Gasteiger partial charge on any atom is -0.496 e. The molecule has 0 aliphatic rings. The molecule has 0 amide bonds. The maximum Gasteiger partial charge on any atom is 0.197 e. The Balaban J connectivity index is 2.58. The van der Waals surface area contributed by atoms with Crippen LogP contribution in [0, 0.1) is 26.6 Å². The normalized spacial score (nSPS) is 10.4. The number of aryl methyl sites for hydroxylation is 3. The van der Waals surface area contributed by atoms with Crippen LogP contribution in [0.15, 0.2) is 30.3 Å². The number of carbonyl (C=O) groups is 1. The maximum absolute atomic E-state index is 13.5. The lowest BCUT2D eigenvalue weighted by molar-refractivity contribution is 0.103. The van der Waals surface area contributed by atoms with Gasteiger partial charge in [0.05, 0.1) is 12.7 Å². The van der Waals surface area contributed by atoms with Gasteiger partial charge in [-0.25, -0.2) is 4.39 Å². The van der Waals surface area contributed by atoms with E-state index in [1.54, 1.807) is 13.0 Å². The summed E-state index contributed by atoms with van der Waals surface area (Å²) in [6.07, 6.45) is 0. The fraction of sp³-hybridized carbons (Fsp3) is 0.235. The van der Waals surface area contributed by atoms with Crippen molar-refractivity contribution in [3.05, 3.63) is 64.0 Å². The van der Waals surface area contributed by atoms with Crippen molar-refractivity contribution in [2.24, 2.45) is 0 Å². The van der Waals surface area contributed by atoms with Crippen molar-refractivity contribution in [2.45, 2.75) is 20.8 Å². The number of halogens is 1. The highest BCUT2D eigenvalue weighted by atomic mass is 19.1. The number of benzene rings is 2. The minimum atomic E-state index is -0.405. The lowest BCUT2D eigenvalue weighted by Crippen LogP contribution is -2.07. The third-order valence-corrected chi connectivity index (χ3v) is 3.19. The number of hydrogen-bond donors (Lipinski definition) is 0. The first-order valence-electron chi connectivity index (χ1n) is 6.39. The third-order valence-electron chi connectivity index (χ3n) is 3.19. The molecule has 2 nitrogen and oxygen atoms in total. The number of rotatable bonds is 3. The second kappa shape index (κ2) is 5.45. The molecule has 0 radical (unpaired) electrons. The molecule has 3 heteroatoms. The summed E-state index contributed by atoms with van der Waals surface area (Å²) in [5, 5.41) is 0. The molecule has 0 aromatic heterocycles. The zero-order valence-electron chi connectivity index (χ0n) is 12.1. The van der Waals surface area contributed by atoms with Gasteiger partial charge in [-0.2, -0.15) is 0 Å². The Hall–Kier alpha value is -2.16. The van der Waals surface area contributed by atoms with Crippen LogP contribution in [0.25, 0.3) is 0 Å². The van der Waals surface area contributed by atoms with Crippen molar-refractivity contribution in [2.75, 3.05) is 7.11 Å². The van der Waals surface area contributed by atoms with Crippen molar-refractivity contribution < 1.29 is 13.9 Å². The summed E-state index contributed by atoms with van der Waals surface area (Å²) >= 11 is 0. The lowest BCUT2D eigenvalue weighted by Gasteiger charge is -2.12. The SMILES string of the molecule is COc1cc(C)cc(C)c1C(=O)c1cc(C)cc(F)c1. The molecule has 0 fully saturated rings. The fourth-order valence-electron chi connectivity index (χ4n) is 2.39. The first-order chi connectivity index (χ1) is 9.42. The number of carbonyl (C=O) groups excluding carboxylic acids is 1. The van der Waals surface area contributed by atoms with Gasteiger partial charge in [0.1, 0.15) is 11.6 Å². The smallest absolute Gasteiger partial charge is 0.197 e. The predicted octanol–water partition coefficient (Wildman–Crippen LogP) is 3.99. The summed E-state index contributed by atoms with van der Waals surface area (Å²) in [5.41, 5.74) is 3.40. The van der Waals surface area contributed by atoms with E-state index in [-0.39, 0.29) is 5.78 Å². The Morgan fingerprint density at radius 2 is 1.65 bits per heavy atom. The van der Waals surface area contributed by atoms with Crippen molar-refractivity contribution in [1.82, 2.24) is 0 Å². The Morgan fingerprint density at radius 3 is 2.25 bits per heavy atom. The third kappa shape index (κ3) is 2.72. The first kappa shape index (κ1) is 14.3. The molecular formula is C17H17FO2. The summed E-state index contributed by atoms with van der Waals surface area (Å²) in [4.78, 5) is 12.6. The fourth-order valence-corrected chi connectivity index (χ4v) is 2.39. The molecule has 2 aromatic rings. The summed E-state index contributed by atoms with van der Waals surface area (Å²) in [6, 6.07) is 8.07. The summed E-state index contributed by atoms with van der Waals surface area (Å²) in [7, 11) is 1.53. The number of ether oxygens (including phenoxy) is 1. The van der Waals surface area contributed by atoms with E-state index in [1.807, 2.05) is 26.0 Å². The van der Waals surface area contributed by atoms with Gasteiger partial charge in [-0.15, -0.1) is 0 Å². The number of methoxy groups -OCH3 is 1. The molecule has 20 heavy (non-hydrogen) atoms. The van der Waals surface area contributed by atoms with E-state index in [0.717, 1.165) is 16.7 Å². The predicted molar refractivity (Wildman–Crippen MR) is 77.0 cm³/mol. The average molecular weight is 272 g/mol. The zero-order chi connectivity index (χ0) is 14.9. The van der Waals surface area contributed by atoms with Gasteiger partial charge >= 0.3 is 0 Å². The average Bonchev–Trinajstić information content (AvgIpc) is 2.35. The van der Waals surface area contributed by atoms with Gasteiger partial charge in [0.25, 0.3) is 0 Å². The second-order valence-corrected chi connectivity index (χ2v) is 5.01. The van der Waals surface area contributed by atoms with Gasteiger partial charge in [0, 0.05) is 5.56 Å².